The van der Waals surface area contributed by atoms with Gasteiger partial charge in [0.1, 0.15) is 11.5 Å². The van der Waals surface area contributed by atoms with Crippen molar-refractivity contribution >= 4 is 39.5 Å². The van der Waals surface area contributed by atoms with E-state index in [1.807, 2.05) is 54.2 Å². The first kappa shape index (κ1) is 24.9. The number of pyridine rings is 1. The van der Waals surface area contributed by atoms with Crippen molar-refractivity contribution in [3.8, 4) is 0 Å². The van der Waals surface area contributed by atoms with Gasteiger partial charge in [-0.1, -0.05) is 36.4 Å². The summed E-state index contributed by atoms with van der Waals surface area (Å²) in [7, 11) is 0. The molecule has 0 bridgehead atoms. The van der Waals surface area contributed by atoms with Crippen molar-refractivity contribution in [1.82, 2.24) is 19.4 Å². The third kappa shape index (κ3) is 4.53. The fourth-order valence-electron chi connectivity index (χ4n) is 5.96. The van der Waals surface area contributed by atoms with Gasteiger partial charge in [-0.05, 0) is 72.9 Å². The van der Waals surface area contributed by atoms with Crippen LogP contribution >= 0.6 is 11.8 Å². The summed E-state index contributed by atoms with van der Waals surface area (Å²) in [6.45, 7) is 0. The van der Waals surface area contributed by atoms with E-state index in [0.717, 1.165) is 41.3 Å². The van der Waals surface area contributed by atoms with E-state index in [1.54, 1.807) is 4.57 Å². The summed E-state index contributed by atoms with van der Waals surface area (Å²) in [6, 6.07) is 14.3. The fourth-order valence-corrected chi connectivity index (χ4v) is 7.05. The Bertz CT molecular complexity index is 1630. The van der Waals surface area contributed by atoms with Gasteiger partial charge < -0.3 is 5.32 Å². The standard InChI is InChI=1S/C29H29FN4O3S/c30-19-16-25-26(31-17-19)33(22-12-14-38-15-13-22)29(37)34(28(25)36)21-10-8-20(9-11-21)32-27(35)24-7-3-5-18-4-1-2-6-23(18)24/h1-7,16-17,20-22H,8-15H2,(H,32,35). The largest absolute Gasteiger partial charge is 0.349 e. The summed E-state index contributed by atoms with van der Waals surface area (Å²) in [4.78, 5) is 44.5. The number of benzene rings is 2. The normalized spacial score (nSPS) is 20.6. The molecular weight excluding hydrogens is 503 g/mol. The minimum absolute atomic E-state index is 0.0504. The lowest BCUT2D eigenvalue weighted by atomic mass is 9.90. The molecule has 1 saturated carbocycles. The molecule has 4 aromatic rings. The lowest BCUT2D eigenvalue weighted by Gasteiger charge is -2.31. The summed E-state index contributed by atoms with van der Waals surface area (Å²) in [5, 5.41) is 5.23. The van der Waals surface area contributed by atoms with Gasteiger partial charge in [0, 0.05) is 23.7 Å². The third-order valence-electron chi connectivity index (χ3n) is 7.91. The minimum atomic E-state index is -0.592. The van der Waals surface area contributed by atoms with Crippen molar-refractivity contribution < 1.29 is 9.18 Å². The number of rotatable bonds is 4. The predicted octanol–water partition coefficient (Wildman–Crippen LogP) is 4.83. The van der Waals surface area contributed by atoms with Gasteiger partial charge >= 0.3 is 5.69 Å². The number of aromatic nitrogens is 3. The average Bonchev–Trinajstić information content (AvgIpc) is 2.94. The Kier molecular flexibility index (Phi) is 6.78. The highest BCUT2D eigenvalue weighted by Crippen LogP contribution is 2.30. The number of hydrogen-bond donors (Lipinski definition) is 1. The average molecular weight is 533 g/mol. The number of amides is 1. The maximum Gasteiger partial charge on any atom is 0.333 e. The molecule has 7 nitrogen and oxygen atoms in total. The van der Waals surface area contributed by atoms with Crippen LogP contribution in [0.4, 0.5) is 4.39 Å². The van der Waals surface area contributed by atoms with Crippen LogP contribution in [0.3, 0.4) is 0 Å². The molecule has 38 heavy (non-hydrogen) atoms. The van der Waals surface area contributed by atoms with E-state index in [9.17, 15) is 18.8 Å². The lowest BCUT2D eigenvalue weighted by Crippen LogP contribution is -2.46. The van der Waals surface area contributed by atoms with Crippen molar-refractivity contribution in [3.63, 3.8) is 0 Å². The van der Waals surface area contributed by atoms with E-state index in [0.29, 0.717) is 31.2 Å². The topological polar surface area (TPSA) is 86.0 Å². The highest BCUT2D eigenvalue weighted by atomic mass is 32.2. The number of nitrogens with one attached hydrogen (secondary N) is 1. The van der Waals surface area contributed by atoms with Gasteiger partial charge in [0.2, 0.25) is 0 Å². The second kappa shape index (κ2) is 10.4. The maximum absolute atomic E-state index is 14.1. The summed E-state index contributed by atoms with van der Waals surface area (Å²) in [5.41, 5.74) is 0.0630. The first-order valence-corrected chi connectivity index (χ1v) is 14.4. The van der Waals surface area contributed by atoms with E-state index in [-0.39, 0.29) is 40.8 Å². The first-order valence-electron chi connectivity index (χ1n) is 13.2. The highest BCUT2D eigenvalue weighted by molar-refractivity contribution is 7.99. The molecule has 2 aliphatic rings. The van der Waals surface area contributed by atoms with Gasteiger partial charge in [-0.3, -0.25) is 18.7 Å². The summed E-state index contributed by atoms with van der Waals surface area (Å²) in [6.07, 6.45) is 5.13. The molecule has 0 spiro atoms. The Morgan fingerprint density at radius 3 is 2.39 bits per heavy atom. The summed E-state index contributed by atoms with van der Waals surface area (Å²) < 4.78 is 17.1. The number of nitrogens with zero attached hydrogens (tertiary/aromatic N) is 3. The number of carbonyl (C=O) groups excluding carboxylic acids is 1. The Balaban J connectivity index is 1.26. The zero-order chi connectivity index (χ0) is 26.2. The van der Waals surface area contributed by atoms with Crippen molar-refractivity contribution in [2.24, 2.45) is 0 Å². The van der Waals surface area contributed by atoms with Crippen LogP contribution < -0.4 is 16.6 Å². The monoisotopic (exact) mass is 532 g/mol. The van der Waals surface area contributed by atoms with Crippen molar-refractivity contribution in [2.45, 2.75) is 56.7 Å². The van der Waals surface area contributed by atoms with Crippen LogP contribution in [-0.4, -0.2) is 37.6 Å². The van der Waals surface area contributed by atoms with Crippen LogP contribution in [0.1, 0.15) is 61.0 Å². The van der Waals surface area contributed by atoms with Gasteiger partial charge in [0.25, 0.3) is 11.5 Å². The highest BCUT2D eigenvalue weighted by Gasteiger charge is 2.30. The zero-order valence-electron chi connectivity index (χ0n) is 20.9. The van der Waals surface area contributed by atoms with Crippen LogP contribution in [-0.2, 0) is 0 Å². The van der Waals surface area contributed by atoms with Gasteiger partial charge in [-0.15, -0.1) is 0 Å². The molecule has 2 aromatic heterocycles. The lowest BCUT2D eigenvalue weighted by molar-refractivity contribution is 0.0923. The van der Waals surface area contributed by atoms with E-state index in [1.165, 1.54) is 10.6 Å². The predicted molar refractivity (Wildman–Crippen MR) is 149 cm³/mol. The molecule has 1 aliphatic heterocycles. The molecule has 0 atom stereocenters. The Labute approximate surface area is 223 Å². The van der Waals surface area contributed by atoms with Crippen LogP contribution in [0, 0.1) is 5.82 Å². The van der Waals surface area contributed by atoms with Crippen LogP contribution in [0.15, 0.2) is 64.3 Å². The molecule has 0 radical (unpaired) electrons. The molecule has 1 aliphatic carbocycles. The first-order chi connectivity index (χ1) is 18.5. The second-order valence-electron chi connectivity index (χ2n) is 10.2. The van der Waals surface area contributed by atoms with Crippen LogP contribution in [0.25, 0.3) is 21.8 Å². The molecule has 2 aromatic carbocycles. The smallest absolute Gasteiger partial charge is 0.333 e. The molecule has 1 saturated heterocycles. The molecule has 1 N–H and O–H groups in total. The van der Waals surface area contributed by atoms with Crippen molar-refractivity contribution in [2.75, 3.05) is 11.5 Å². The van der Waals surface area contributed by atoms with Crippen molar-refractivity contribution in [1.29, 1.82) is 0 Å². The Morgan fingerprint density at radius 2 is 1.61 bits per heavy atom. The second-order valence-corrected chi connectivity index (χ2v) is 11.4. The molecule has 3 heterocycles. The van der Waals surface area contributed by atoms with E-state index < -0.39 is 11.4 Å². The molecule has 196 valence electrons. The number of hydrogen-bond acceptors (Lipinski definition) is 5. The molecule has 1 amide bonds. The number of carbonyl (C=O) groups is 1. The molecule has 2 fully saturated rings. The quantitative estimate of drug-likeness (QED) is 0.407. The van der Waals surface area contributed by atoms with Crippen LogP contribution in [0.2, 0.25) is 0 Å². The molecule has 6 rings (SSSR count). The number of thioether (sulfide) groups is 1. The van der Waals surface area contributed by atoms with Gasteiger partial charge in [-0.25, -0.2) is 14.2 Å². The van der Waals surface area contributed by atoms with E-state index in [2.05, 4.69) is 10.3 Å². The van der Waals surface area contributed by atoms with Crippen molar-refractivity contribution in [3.05, 3.63) is 86.9 Å². The SMILES string of the molecule is O=C(NC1CCC(n2c(=O)c3cc(F)cnc3n(C3CCSCC3)c2=O)CC1)c1cccc2ccccc12. The molecular formula is C29H29FN4O3S. The van der Waals surface area contributed by atoms with E-state index in [4.69, 9.17) is 0 Å². The molecule has 9 heteroatoms. The zero-order valence-corrected chi connectivity index (χ0v) is 21.8. The van der Waals surface area contributed by atoms with Gasteiger partial charge in [0.15, 0.2) is 0 Å². The minimum Gasteiger partial charge on any atom is -0.349 e. The number of fused-ring (bicyclic) bond motifs is 2. The van der Waals surface area contributed by atoms with E-state index >= 15 is 0 Å². The van der Waals surface area contributed by atoms with Gasteiger partial charge in [-0.2, -0.15) is 11.8 Å². The summed E-state index contributed by atoms with van der Waals surface area (Å²) >= 11 is 1.85. The maximum atomic E-state index is 14.1. The Morgan fingerprint density at radius 1 is 0.895 bits per heavy atom. The molecule has 0 unspecified atom stereocenters. The number of halogens is 1. The van der Waals surface area contributed by atoms with Gasteiger partial charge in [0.05, 0.1) is 11.6 Å². The summed E-state index contributed by atoms with van der Waals surface area (Å²) in [5.74, 6) is 1.15. The third-order valence-corrected chi connectivity index (χ3v) is 8.96. The Hall–Kier alpha value is -3.46. The fraction of sp³-hybridized carbons (Fsp3) is 0.379. The van der Waals surface area contributed by atoms with Crippen LogP contribution in [0.5, 0.6) is 0 Å².